The van der Waals surface area contributed by atoms with Gasteiger partial charge < -0.3 is 14.8 Å². The number of carbonyl (C=O) groups excluding carboxylic acids is 1. The van der Waals surface area contributed by atoms with Gasteiger partial charge in [-0.3, -0.25) is 0 Å². The molecule has 1 atom stereocenters. The van der Waals surface area contributed by atoms with E-state index in [1.54, 1.807) is 13.0 Å². The van der Waals surface area contributed by atoms with Crippen molar-refractivity contribution < 1.29 is 14.3 Å². The summed E-state index contributed by atoms with van der Waals surface area (Å²) in [6.07, 6.45) is 1.88. The molecule has 1 N–H and O–H groups in total. The molecule has 6 heteroatoms. The van der Waals surface area contributed by atoms with Crippen LogP contribution in [0, 0.1) is 0 Å². The van der Waals surface area contributed by atoms with Gasteiger partial charge in [-0.15, -0.1) is 0 Å². The van der Waals surface area contributed by atoms with Gasteiger partial charge in [-0.05, 0) is 31.9 Å². The van der Waals surface area contributed by atoms with E-state index in [1.165, 1.54) is 6.07 Å². The van der Waals surface area contributed by atoms with Gasteiger partial charge in [-0.1, -0.05) is 29.8 Å². The van der Waals surface area contributed by atoms with Gasteiger partial charge in [0.2, 0.25) is 0 Å². The van der Waals surface area contributed by atoms with E-state index in [1.807, 2.05) is 0 Å². The number of halogens is 2. The second-order valence-electron chi connectivity index (χ2n) is 4.75. The molecule has 1 saturated heterocycles. The molecule has 1 fully saturated rings. The summed E-state index contributed by atoms with van der Waals surface area (Å²) in [5.74, 6) is -0.181. The fraction of sp³-hybridized carbons (Fsp3) is 0.400. The SMILES string of the molecule is C=C1CCC(COc2c(Cl)ccc(C(=O)OCC)c2Cl)N1. The average molecular weight is 330 g/mol. The summed E-state index contributed by atoms with van der Waals surface area (Å²) in [5, 5.41) is 3.77. The molecule has 114 valence electrons. The number of ether oxygens (including phenoxy) is 2. The van der Waals surface area contributed by atoms with Gasteiger partial charge in [0.05, 0.1) is 28.3 Å². The van der Waals surface area contributed by atoms with Crippen LogP contribution in [-0.4, -0.2) is 25.2 Å². The van der Waals surface area contributed by atoms with E-state index in [4.69, 9.17) is 32.7 Å². The first-order valence-electron chi connectivity index (χ1n) is 6.75. The molecule has 1 heterocycles. The topological polar surface area (TPSA) is 47.6 Å². The van der Waals surface area contributed by atoms with Crippen molar-refractivity contribution in [3.63, 3.8) is 0 Å². The molecule has 0 spiro atoms. The summed E-state index contributed by atoms with van der Waals surface area (Å²) in [6, 6.07) is 3.29. The molecule has 4 nitrogen and oxygen atoms in total. The zero-order chi connectivity index (χ0) is 15.4. The number of rotatable bonds is 5. The van der Waals surface area contributed by atoms with E-state index in [-0.39, 0.29) is 23.2 Å². The number of nitrogens with one attached hydrogen (secondary N) is 1. The van der Waals surface area contributed by atoms with Crippen LogP contribution >= 0.6 is 23.2 Å². The minimum Gasteiger partial charge on any atom is -0.488 e. The fourth-order valence-electron chi connectivity index (χ4n) is 2.12. The Hall–Kier alpha value is -1.39. The van der Waals surface area contributed by atoms with Crippen LogP contribution in [0.4, 0.5) is 0 Å². The Morgan fingerprint density at radius 3 is 2.86 bits per heavy atom. The Morgan fingerprint density at radius 2 is 2.24 bits per heavy atom. The van der Waals surface area contributed by atoms with E-state index in [0.717, 1.165) is 18.5 Å². The predicted molar refractivity (Wildman–Crippen MR) is 83.2 cm³/mol. The van der Waals surface area contributed by atoms with Gasteiger partial charge in [-0.25, -0.2) is 4.79 Å². The summed E-state index contributed by atoms with van der Waals surface area (Å²) in [5.41, 5.74) is 1.25. The van der Waals surface area contributed by atoms with Gasteiger partial charge in [-0.2, -0.15) is 0 Å². The van der Waals surface area contributed by atoms with Crippen molar-refractivity contribution in [2.45, 2.75) is 25.8 Å². The molecule has 1 aliphatic rings. The van der Waals surface area contributed by atoms with E-state index in [9.17, 15) is 4.79 Å². The summed E-state index contributed by atoms with van der Waals surface area (Å²) in [4.78, 5) is 11.8. The van der Waals surface area contributed by atoms with Crippen LogP contribution in [0.15, 0.2) is 24.4 Å². The van der Waals surface area contributed by atoms with Crippen LogP contribution in [0.5, 0.6) is 5.75 Å². The minimum absolute atomic E-state index is 0.177. The Kier molecular flexibility index (Phi) is 5.37. The standard InChI is InChI=1S/C15H17Cl2NO3/c1-3-20-15(19)11-6-7-12(16)14(13(11)17)21-8-10-5-4-9(2)18-10/h6-7,10,18H,2-5,8H2,1H3. The lowest BCUT2D eigenvalue weighted by Gasteiger charge is -2.16. The second-order valence-corrected chi connectivity index (χ2v) is 5.54. The molecule has 0 aliphatic carbocycles. The number of esters is 1. The molecule has 1 aromatic rings. The summed E-state index contributed by atoms with van der Waals surface area (Å²) < 4.78 is 10.6. The lowest BCUT2D eigenvalue weighted by Crippen LogP contribution is -2.27. The highest BCUT2D eigenvalue weighted by atomic mass is 35.5. The number of benzene rings is 1. The molecule has 21 heavy (non-hydrogen) atoms. The summed E-state index contributed by atoms with van der Waals surface area (Å²) in [6.45, 7) is 6.29. The van der Waals surface area contributed by atoms with Crippen molar-refractivity contribution in [3.05, 3.63) is 40.0 Å². The predicted octanol–water partition coefficient (Wildman–Crippen LogP) is 3.81. The fourth-order valence-corrected chi connectivity index (χ4v) is 2.68. The number of allylic oxidation sites excluding steroid dienone is 1. The molecule has 0 aromatic heterocycles. The lowest BCUT2D eigenvalue weighted by molar-refractivity contribution is 0.0526. The third kappa shape index (κ3) is 3.83. The van der Waals surface area contributed by atoms with Crippen LogP contribution < -0.4 is 10.1 Å². The van der Waals surface area contributed by atoms with E-state index < -0.39 is 5.97 Å². The van der Waals surface area contributed by atoms with E-state index in [0.29, 0.717) is 17.4 Å². The number of hydrogen-bond acceptors (Lipinski definition) is 4. The van der Waals surface area contributed by atoms with Crippen LogP contribution in [-0.2, 0) is 4.74 Å². The minimum atomic E-state index is -0.489. The zero-order valence-corrected chi connectivity index (χ0v) is 13.3. The summed E-state index contributed by atoms with van der Waals surface area (Å²) >= 11 is 12.3. The highest BCUT2D eigenvalue weighted by Crippen LogP contribution is 2.36. The molecule has 2 rings (SSSR count). The van der Waals surface area contributed by atoms with E-state index >= 15 is 0 Å². The lowest BCUT2D eigenvalue weighted by atomic mass is 10.2. The van der Waals surface area contributed by atoms with Gasteiger partial charge in [0.15, 0.2) is 5.75 Å². The molecule has 0 amide bonds. The van der Waals surface area contributed by atoms with Gasteiger partial charge in [0, 0.05) is 5.70 Å². The molecular formula is C15H17Cl2NO3. The molecule has 0 bridgehead atoms. The van der Waals surface area contributed by atoms with Crippen LogP contribution in [0.25, 0.3) is 0 Å². The van der Waals surface area contributed by atoms with Crippen molar-refractivity contribution in [1.82, 2.24) is 5.32 Å². The maximum atomic E-state index is 11.8. The quantitative estimate of drug-likeness (QED) is 0.834. The van der Waals surface area contributed by atoms with Crippen molar-refractivity contribution >= 4 is 29.2 Å². The Bertz CT molecular complexity index is 560. The first-order valence-corrected chi connectivity index (χ1v) is 7.50. The molecule has 1 aliphatic heterocycles. The zero-order valence-electron chi connectivity index (χ0n) is 11.7. The highest BCUT2D eigenvalue weighted by Gasteiger charge is 2.21. The Balaban J connectivity index is 2.12. The normalized spacial score (nSPS) is 17.5. The van der Waals surface area contributed by atoms with Crippen molar-refractivity contribution in [3.8, 4) is 5.75 Å². The van der Waals surface area contributed by atoms with Gasteiger partial charge >= 0.3 is 5.97 Å². The Morgan fingerprint density at radius 1 is 1.48 bits per heavy atom. The molecule has 0 saturated carbocycles. The second kappa shape index (κ2) is 7.05. The molecule has 1 aromatic carbocycles. The average Bonchev–Trinajstić information content (AvgIpc) is 2.84. The summed E-state index contributed by atoms with van der Waals surface area (Å²) in [7, 11) is 0. The van der Waals surface area contributed by atoms with Crippen LogP contribution in [0.1, 0.15) is 30.1 Å². The Labute approximate surface area is 134 Å². The van der Waals surface area contributed by atoms with Crippen LogP contribution in [0.2, 0.25) is 10.0 Å². The number of hydrogen-bond donors (Lipinski definition) is 1. The third-order valence-electron chi connectivity index (χ3n) is 3.18. The van der Waals surface area contributed by atoms with Gasteiger partial charge in [0.1, 0.15) is 6.61 Å². The largest absolute Gasteiger partial charge is 0.488 e. The van der Waals surface area contributed by atoms with Crippen molar-refractivity contribution in [2.75, 3.05) is 13.2 Å². The maximum absolute atomic E-state index is 11.8. The molecule has 1 unspecified atom stereocenters. The molecular weight excluding hydrogens is 313 g/mol. The molecule has 0 radical (unpaired) electrons. The van der Waals surface area contributed by atoms with Crippen molar-refractivity contribution in [2.24, 2.45) is 0 Å². The van der Waals surface area contributed by atoms with Crippen molar-refractivity contribution in [1.29, 1.82) is 0 Å². The smallest absolute Gasteiger partial charge is 0.339 e. The first kappa shape index (κ1) is 16.0. The number of carbonyl (C=O) groups is 1. The maximum Gasteiger partial charge on any atom is 0.339 e. The van der Waals surface area contributed by atoms with Gasteiger partial charge in [0.25, 0.3) is 0 Å². The van der Waals surface area contributed by atoms with E-state index in [2.05, 4.69) is 11.9 Å². The first-order chi connectivity index (χ1) is 10.0. The van der Waals surface area contributed by atoms with Crippen LogP contribution in [0.3, 0.4) is 0 Å². The highest BCUT2D eigenvalue weighted by molar-refractivity contribution is 6.39. The monoisotopic (exact) mass is 329 g/mol. The third-order valence-corrected chi connectivity index (χ3v) is 3.85.